The molecule has 9 nitrogen and oxygen atoms in total. The van der Waals surface area contributed by atoms with Crippen LogP contribution in [0.3, 0.4) is 0 Å². The van der Waals surface area contributed by atoms with Crippen molar-refractivity contribution in [3.63, 3.8) is 0 Å². The minimum atomic E-state index is -0.506. The zero-order valence-electron chi connectivity index (χ0n) is 21.2. The van der Waals surface area contributed by atoms with Crippen LogP contribution in [0, 0.1) is 6.92 Å². The molecule has 2 N–H and O–H groups in total. The van der Waals surface area contributed by atoms with E-state index in [0.29, 0.717) is 35.5 Å². The summed E-state index contributed by atoms with van der Waals surface area (Å²) in [7, 11) is 0. The van der Waals surface area contributed by atoms with Gasteiger partial charge < -0.3 is 15.0 Å². The van der Waals surface area contributed by atoms with E-state index in [1.165, 1.54) is 11.3 Å². The summed E-state index contributed by atoms with van der Waals surface area (Å²) in [5.41, 5.74) is 2.08. The molecule has 0 radical (unpaired) electrons. The standard InChI is InChI=1S/C24H34N6O3S2/c1-7-33-20(32)15(3)26-23(34)30-12-10-16(11-13-30)18-17(9-8-14(2)25-18)19(31)27-22-29-28-21(35-22)24(4,5)6/h8-9,15-16H,7,10-13H2,1-6H3,(H,26,34)(H,27,29,31). The van der Waals surface area contributed by atoms with E-state index in [9.17, 15) is 9.59 Å². The highest BCUT2D eigenvalue weighted by atomic mass is 32.1. The summed E-state index contributed by atoms with van der Waals surface area (Å²) >= 11 is 6.90. The summed E-state index contributed by atoms with van der Waals surface area (Å²) in [4.78, 5) is 31.8. The molecule has 35 heavy (non-hydrogen) atoms. The summed E-state index contributed by atoms with van der Waals surface area (Å²) in [6.07, 6.45) is 1.58. The molecular formula is C24H34N6O3S2. The van der Waals surface area contributed by atoms with E-state index in [1.54, 1.807) is 13.8 Å². The first-order valence-corrected chi connectivity index (χ1v) is 13.1. The third kappa shape index (κ3) is 6.94. The minimum Gasteiger partial charge on any atom is -0.464 e. The third-order valence-corrected chi connectivity index (χ3v) is 7.39. The molecule has 2 aromatic rings. The van der Waals surface area contributed by atoms with Crippen molar-refractivity contribution in [2.24, 2.45) is 0 Å². The third-order valence-electron chi connectivity index (χ3n) is 5.74. The van der Waals surface area contributed by atoms with E-state index in [-0.39, 0.29) is 23.2 Å². The molecule has 1 saturated heterocycles. The van der Waals surface area contributed by atoms with Crippen LogP contribution in [0.1, 0.15) is 80.1 Å². The Labute approximate surface area is 216 Å². The van der Waals surface area contributed by atoms with Crippen molar-refractivity contribution in [3.05, 3.63) is 34.1 Å². The molecule has 1 atom stereocenters. The molecule has 1 unspecified atom stereocenters. The Hall–Kier alpha value is -2.66. The average Bonchev–Trinajstić information content (AvgIpc) is 3.28. The van der Waals surface area contributed by atoms with Crippen LogP contribution in [0.5, 0.6) is 0 Å². The minimum absolute atomic E-state index is 0.122. The molecule has 0 aromatic carbocycles. The molecule has 2 aromatic heterocycles. The van der Waals surface area contributed by atoms with E-state index in [1.807, 2.05) is 24.0 Å². The fourth-order valence-corrected chi connectivity index (χ4v) is 4.94. The lowest BCUT2D eigenvalue weighted by molar-refractivity contribution is -0.144. The van der Waals surface area contributed by atoms with Crippen molar-refractivity contribution in [2.45, 2.75) is 71.8 Å². The van der Waals surface area contributed by atoms with E-state index in [4.69, 9.17) is 21.9 Å². The molecule has 1 amide bonds. The molecule has 3 heterocycles. The number of thiocarbonyl (C=S) groups is 1. The van der Waals surface area contributed by atoms with E-state index < -0.39 is 6.04 Å². The zero-order valence-corrected chi connectivity index (χ0v) is 22.8. The van der Waals surface area contributed by atoms with Crippen molar-refractivity contribution in [1.29, 1.82) is 0 Å². The highest BCUT2D eigenvalue weighted by molar-refractivity contribution is 7.80. The van der Waals surface area contributed by atoms with Gasteiger partial charge in [-0.2, -0.15) is 0 Å². The second kappa shape index (κ2) is 11.4. The maximum Gasteiger partial charge on any atom is 0.328 e. The van der Waals surface area contributed by atoms with E-state index >= 15 is 0 Å². The maximum atomic E-state index is 13.2. The summed E-state index contributed by atoms with van der Waals surface area (Å²) in [6, 6.07) is 3.18. The lowest BCUT2D eigenvalue weighted by atomic mass is 9.90. The van der Waals surface area contributed by atoms with Crippen LogP contribution in [-0.4, -0.2) is 62.8 Å². The molecule has 11 heteroatoms. The fraction of sp³-hybridized carbons (Fsp3) is 0.583. The van der Waals surface area contributed by atoms with Crippen molar-refractivity contribution in [2.75, 3.05) is 25.0 Å². The van der Waals surface area contributed by atoms with Gasteiger partial charge in [-0.3, -0.25) is 15.1 Å². The predicted molar refractivity (Wildman–Crippen MR) is 141 cm³/mol. The van der Waals surface area contributed by atoms with Gasteiger partial charge in [-0.05, 0) is 58.0 Å². The molecule has 1 aliphatic heterocycles. The topological polar surface area (TPSA) is 109 Å². The number of pyridine rings is 1. The van der Waals surface area contributed by atoms with Crippen LogP contribution in [0.2, 0.25) is 0 Å². The number of carbonyl (C=O) groups is 2. The molecule has 0 aliphatic carbocycles. The Morgan fingerprint density at radius 3 is 2.54 bits per heavy atom. The highest BCUT2D eigenvalue weighted by Gasteiger charge is 2.28. The quantitative estimate of drug-likeness (QED) is 0.436. The Morgan fingerprint density at radius 1 is 1.26 bits per heavy atom. The van der Waals surface area contributed by atoms with Gasteiger partial charge in [-0.25, -0.2) is 4.79 Å². The summed E-state index contributed by atoms with van der Waals surface area (Å²) in [6.45, 7) is 13.4. The average molecular weight is 519 g/mol. The van der Waals surface area contributed by atoms with Gasteiger partial charge in [0.15, 0.2) is 5.11 Å². The van der Waals surface area contributed by atoms with Crippen molar-refractivity contribution in [1.82, 2.24) is 25.4 Å². The second-order valence-corrected chi connectivity index (χ2v) is 11.1. The lowest BCUT2D eigenvalue weighted by Gasteiger charge is -2.34. The van der Waals surface area contributed by atoms with Gasteiger partial charge in [-0.15, -0.1) is 10.2 Å². The normalized spacial score (nSPS) is 15.4. The van der Waals surface area contributed by atoms with Crippen molar-refractivity contribution >= 4 is 45.7 Å². The first-order chi connectivity index (χ1) is 16.5. The van der Waals surface area contributed by atoms with Gasteiger partial charge in [0.05, 0.1) is 17.9 Å². The molecular weight excluding hydrogens is 484 g/mol. The number of carbonyl (C=O) groups excluding carboxylic acids is 2. The number of rotatable bonds is 6. The number of nitrogens with one attached hydrogen (secondary N) is 2. The van der Waals surface area contributed by atoms with Crippen molar-refractivity contribution in [3.8, 4) is 0 Å². The van der Waals surface area contributed by atoms with Crippen molar-refractivity contribution < 1.29 is 14.3 Å². The van der Waals surface area contributed by atoms with Crippen LogP contribution in [-0.2, 0) is 14.9 Å². The van der Waals surface area contributed by atoms with Crippen LogP contribution in [0.4, 0.5) is 5.13 Å². The first-order valence-electron chi connectivity index (χ1n) is 11.8. The van der Waals surface area contributed by atoms with Crippen LogP contribution < -0.4 is 10.6 Å². The predicted octanol–water partition coefficient (Wildman–Crippen LogP) is 3.80. The maximum absolute atomic E-state index is 13.2. The molecule has 3 rings (SSSR count). The number of piperidine rings is 1. The summed E-state index contributed by atoms with van der Waals surface area (Å²) < 4.78 is 5.04. The Kier molecular flexibility index (Phi) is 8.76. The molecule has 0 saturated carbocycles. The van der Waals surface area contributed by atoms with Gasteiger partial charge in [0.1, 0.15) is 11.0 Å². The van der Waals surface area contributed by atoms with Gasteiger partial charge in [0.25, 0.3) is 5.91 Å². The number of hydrogen-bond acceptors (Lipinski definition) is 8. The van der Waals surface area contributed by atoms with Gasteiger partial charge in [-0.1, -0.05) is 32.1 Å². The number of hydrogen-bond donors (Lipinski definition) is 2. The Bertz CT molecular complexity index is 1070. The SMILES string of the molecule is CCOC(=O)C(C)NC(=S)N1CCC(c2nc(C)ccc2C(=O)Nc2nnc(C(C)(C)C)s2)CC1. The number of likely N-dealkylation sites (tertiary alicyclic amines) is 1. The monoisotopic (exact) mass is 518 g/mol. The smallest absolute Gasteiger partial charge is 0.328 e. The number of aromatic nitrogens is 3. The highest BCUT2D eigenvalue weighted by Crippen LogP contribution is 2.31. The molecule has 1 aliphatic rings. The summed E-state index contributed by atoms with van der Waals surface area (Å²) in [5, 5.41) is 16.2. The number of ether oxygens (including phenoxy) is 1. The second-order valence-electron chi connectivity index (χ2n) is 9.69. The fourth-order valence-electron chi connectivity index (χ4n) is 3.78. The number of amides is 1. The van der Waals surface area contributed by atoms with E-state index in [2.05, 4.69) is 41.6 Å². The van der Waals surface area contributed by atoms with Gasteiger partial charge in [0.2, 0.25) is 5.13 Å². The van der Waals surface area contributed by atoms with Gasteiger partial charge >= 0.3 is 5.97 Å². The first kappa shape index (κ1) is 26.9. The van der Waals surface area contributed by atoms with Gasteiger partial charge in [0, 0.05) is 30.1 Å². The van der Waals surface area contributed by atoms with Crippen LogP contribution in [0.25, 0.3) is 0 Å². The Balaban J connectivity index is 1.66. The number of esters is 1. The molecule has 0 spiro atoms. The molecule has 0 bridgehead atoms. The molecule has 190 valence electrons. The van der Waals surface area contributed by atoms with Crippen LogP contribution >= 0.6 is 23.6 Å². The number of aryl methyl sites for hydroxylation is 1. The zero-order chi connectivity index (χ0) is 25.8. The Morgan fingerprint density at radius 2 is 1.94 bits per heavy atom. The lowest BCUT2D eigenvalue weighted by Crippen LogP contribution is -2.49. The molecule has 1 fully saturated rings. The largest absolute Gasteiger partial charge is 0.464 e. The number of anilines is 1. The summed E-state index contributed by atoms with van der Waals surface area (Å²) in [5.74, 6) is -0.432. The van der Waals surface area contributed by atoms with Crippen LogP contribution in [0.15, 0.2) is 12.1 Å². The van der Waals surface area contributed by atoms with E-state index in [0.717, 1.165) is 29.2 Å². The number of nitrogens with zero attached hydrogens (tertiary/aromatic N) is 4.